The van der Waals surface area contributed by atoms with Crippen molar-refractivity contribution in [1.29, 1.82) is 0 Å². The maximum absolute atomic E-state index is 11.5. The fourth-order valence-electron chi connectivity index (χ4n) is 1.39. The number of anilines is 1. The summed E-state index contributed by atoms with van der Waals surface area (Å²) in [5.74, 6) is -0.411. The molecule has 1 aromatic carbocycles. The number of hydrogen-bond acceptors (Lipinski definition) is 4. The normalized spacial score (nSPS) is 10.5. The van der Waals surface area contributed by atoms with Crippen molar-refractivity contribution >= 4 is 22.6 Å². The van der Waals surface area contributed by atoms with E-state index in [0.717, 1.165) is 10.9 Å². The van der Waals surface area contributed by atoms with Gasteiger partial charge >= 0.3 is 5.97 Å². The van der Waals surface area contributed by atoms with Crippen molar-refractivity contribution in [3.8, 4) is 0 Å². The van der Waals surface area contributed by atoms with E-state index in [4.69, 9.17) is 10.5 Å². The lowest BCUT2D eigenvalue weighted by atomic mass is 10.1. The van der Waals surface area contributed by atoms with Gasteiger partial charge in [0.25, 0.3) is 0 Å². The van der Waals surface area contributed by atoms with Gasteiger partial charge in [0.2, 0.25) is 0 Å². The Bertz CT molecular complexity index is 504. The molecule has 0 amide bonds. The number of benzene rings is 1. The van der Waals surface area contributed by atoms with Crippen LogP contribution in [0.1, 0.15) is 17.3 Å². The third-order valence-corrected chi connectivity index (χ3v) is 2.11. The Labute approximate surface area is 86.2 Å². The van der Waals surface area contributed by atoms with E-state index in [1.165, 1.54) is 0 Å². The monoisotopic (exact) mass is 205 g/mol. The summed E-state index contributed by atoms with van der Waals surface area (Å²) in [6.07, 6.45) is 1.65. The lowest BCUT2D eigenvalue weighted by Gasteiger charge is -2.04. The molecule has 15 heavy (non-hydrogen) atoms. The van der Waals surface area contributed by atoms with E-state index >= 15 is 0 Å². The zero-order valence-corrected chi connectivity index (χ0v) is 8.28. The molecular formula is C10H11N3O2. The van der Waals surface area contributed by atoms with E-state index < -0.39 is 5.97 Å². The highest BCUT2D eigenvalue weighted by Gasteiger charge is 2.12. The van der Waals surface area contributed by atoms with Crippen LogP contribution in [0.3, 0.4) is 0 Å². The highest BCUT2D eigenvalue weighted by Crippen LogP contribution is 2.20. The number of hydrogen-bond donors (Lipinski definition) is 2. The molecule has 0 radical (unpaired) electrons. The van der Waals surface area contributed by atoms with Crippen molar-refractivity contribution in [3.05, 3.63) is 23.9 Å². The number of nitrogen functional groups attached to an aromatic ring is 1. The van der Waals surface area contributed by atoms with Crippen molar-refractivity contribution < 1.29 is 9.53 Å². The van der Waals surface area contributed by atoms with Gasteiger partial charge < -0.3 is 10.5 Å². The number of aromatic amines is 1. The van der Waals surface area contributed by atoms with Crippen LogP contribution >= 0.6 is 0 Å². The molecule has 0 unspecified atom stereocenters. The Balaban J connectivity index is 2.50. The smallest absolute Gasteiger partial charge is 0.340 e. The van der Waals surface area contributed by atoms with E-state index in [-0.39, 0.29) is 0 Å². The van der Waals surface area contributed by atoms with Gasteiger partial charge in [-0.2, -0.15) is 5.10 Å². The Kier molecular flexibility index (Phi) is 2.29. The minimum atomic E-state index is -0.411. The lowest BCUT2D eigenvalue weighted by molar-refractivity contribution is 0.0528. The molecular weight excluding hydrogens is 194 g/mol. The minimum absolute atomic E-state index is 0.333. The van der Waals surface area contributed by atoms with Crippen molar-refractivity contribution in [2.24, 2.45) is 0 Å². The van der Waals surface area contributed by atoms with Gasteiger partial charge in [0.1, 0.15) is 0 Å². The number of ether oxygens (including phenoxy) is 1. The fraction of sp³-hybridized carbons (Fsp3) is 0.200. The van der Waals surface area contributed by atoms with Crippen LogP contribution in [0.5, 0.6) is 0 Å². The average molecular weight is 205 g/mol. The molecule has 0 spiro atoms. The number of fused-ring (bicyclic) bond motifs is 1. The highest BCUT2D eigenvalue weighted by molar-refractivity contribution is 6.00. The Morgan fingerprint density at radius 3 is 3.13 bits per heavy atom. The van der Waals surface area contributed by atoms with E-state index in [2.05, 4.69) is 10.2 Å². The van der Waals surface area contributed by atoms with Gasteiger partial charge in [0, 0.05) is 11.1 Å². The Morgan fingerprint density at radius 2 is 2.40 bits per heavy atom. The number of nitrogens with one attached hydrogen (secondary N) is 1. The van der Waals surface area contributed by atoms with Crippen molar-refractivity contribution in [2.45, 2.75) is 6.92 Å². The zero-order valence-electron chi connectivity index (χ0n) is 8.28. The SMILES string of the molecule is CCOC(=O)c1cc2[nH]ncc2cc1N. The van der Waals surface area contributed by atoms with Crippen LogP contribution in [0.2, 0.25) is 0 Å². The number of esters is 1. The number of H-pyrrole nitrogens is 1. The van der Waals surface area contributed by atoms with Gasteiger partial charge in [-0.15, -0.1) is 0 Å². The maximum atomic E-state index is 11.5. The molecule has 1 aromatic heterocycles. The van der Waals surface area contributed by atoms with Gasteiger partial charge in [0.15, 0.2) is 0 Å². The first-order valence-electron chi connectivity index (χ1n) is 4.62. The van der Waals surface area contributed by atoms with Gasteiger partial charge in [-0.3, -0.25) is 5.10 Å². The predicted molar refractivity (Wildman–Crippen MR) is 56.5 cm³/mol. The molecule has 0 bridgehead atoms. The van der Waals surface area contributed by atoms with Crippen molar-refractivity contribution in [2.75, 3.05) is 12.3 Å². The molecule has 0 saturated heterocycles. The molecule has 0 atom stereocenters. The van der Waals surface area contributed by atoms with Crippen molar-refractivity contribution in [1.82, 2.24) is 10.2 Å². The molecule has 0 aliphatic heterocycles. The van der Waals surface area contributed by atoms with Crippen LogP contribution < -0.4 is 5.73 Å². The number of nitrogens with two attached hydrogens (primary N) is 1. The quantitative estimate of drug-likeness (QED) is 0.572. The van der Waals surface area contributed by atoms with E-state index in [9.17, 15) is 4.79 Å². The number of carbonyl (C=O) groups excluding carboxylic acids is 1. The van der Waals surface area contributed by atoms with Crippen LogP contribution in [0.4, 0.5) is 5.69 Å². The van der Waals surface area contributed by atoms with Crippen LogP contribution in [0.15, 0.2) is 18.3 Å². The van der Waals surface area contributed by atoms with Gasteiger partial charge in [-0.1, -0.05) is 0 Å². The first-order chi connectivity index (χ1) is 7.22. The molecule has 5 nitrogen and oxygen atoms in total. The van der Waals surface area contributed by atoms with Crippen LogP contribution in [-0.2, 0) is 4.74 Å². The Hall–Kier alpha value is -2.04. The molecule has 2 rings (SSSR count). The molecule has 5 heteroatoms. The van der Waals surface area contributed by atoms with Gasteiger partial charge in [-0.05, 0) is 19.1 Å². The van der Waals surface area contributed by atoms with Gasteiger partial charge in [0.05, 0.1) is 23.9 Å². The number of nitrogens with zero attached hydrogens (tertiary/aromatic N) is 1. The third kappa shape index (κ3) is 1.63. The van der Waals surface area contributed by atoms with E-state index in [1.807, 2.05) is 0 Å². The molecule has 0 aliphatic carbocycles. The summed E-state index contributed by atoms with van der Waals surface area (Å²) in [6, 6.07) is 3.35. The molecule has 78 valence electrons. The summed E-state index contributed by atoms with van der Waals surface area (Å²) in [4.78, 5) is 11.5. The number of rotatable bonds is 2. The molecule has 1 heterocycles. The summed E-state index contributed by atoms with van der Waals surface area (Å²) < 4.78 is 4.88. The standard InChI is InChI=1S/C10H11N3O2/c1-2-15-10(14)7-4-9-6(3-8(7)11)5-12-13-9/h3-5H,2,11H2,1H3,(H,12,13). The first kappa shape index (κ1) is 9.51. The second kappa shape index (κ2) is 3.61. The third-order valence-electron chi connectivity index (χ3n) is 2.11. The largest absolute Gasteiger partial charge is 0.462 e. The second-order valence-electron chi connectivity index (χ2n) is 3.12. The average Bonchev–Trinajstić information content (AvgIpc) is 2.63. The summed E-state index contributed by atoms with van der Waals surface area (Å²) in [7, 11) is 0. The number of carbonyl (C=O) groups is 1. The highest BCUT2D eigenvalue weighted by atomic mass is 16.5. The molecule has 2 aromatic rings. The number of aromatic nitrogens is 2. The van der Waals surface area contributed by atoms with Crippen molar-refractivity contribution in [3.63, 3.8) is 0 Å². The summed E-state index contributed by atoms with van der Waals surface area (Å²) in [6.45, 7) is 2.09. The van der Waals surface area contributed by atoms with E-state index in [1.54, 1.807) is 25.3 Å². The fourth-order valence-corrected chi connectivity index (χ4v) is 1.39. The van der Waals surface area contributed by atoms with Crippen LogP contribution in [0, 0.1) is 0 Å². The topological polar surface area (TPSA) is 81.0 Å². The molecule has 0 aliphatic rings. The molecule has 0 saturated carbocycles. The summed E-state index contributed by atoms with van der Waals surface area (Å²) >= 11 is 0. The Morgan fingerprint density at radius 1 is 1.60 bits per heavy atom. The minimum Gasteiger partial charge on any atom is -0.462 e. The predicted octanol–water partition coefficient (Wildman–Crippen LogP) is 1.32. The first-order valence-corrected chi connectivity index (χ1v) is 4.62. The zero-order chi connectivity index (χ0) is 10.8. The molecule has 0 fully saturated rings. The van der Waals surface area contributed by atoms with Crippen LogP contribution in [-0.4, -0.2) is 22.8 Å². The molecule has 3 N–H and O–H groups in total. The summed E-state index contributed by atoms with van der Waals surface area (Å²) in [5.41, 5.74) is 7.28. The lowest BCUT2D eigenvalue weighted by Crippen LogP contribution is -2.07. The summed E-state index contributed by atoms with van der Waals surface area (Å²) in [5, 5.41) is 7.50. The van der Waals surface area contributed by atoms with Gasteiger partial charge in [-0.25, -0.2) is 4.79 Å². The maximum Gasteiger partial charge on any atom is 0.340 e. The second-order valence-corrected chi connectivity index (χ2v) is 3.12. The van der Waals surface area contributed by atoms with Crippen LogP contribution in [0.25, 0.3) is 10.9 Å². The van der Waals surface area contributed by atoms with E-state index in [0.29, 0.717) is 17.9 Å².